The summed E-state index contributed by atoms with van der Waals surface area (Å²) in [5.74, 6) is -0.677. The molecule has 0 spiro atoms. The van der Waals surface area contributed by atoms with E-state index in [0.717, 1.165) is 10.3 Å². The van der Waals surface area contributed by atoms with Crippen LogP contribution in [0.5, 0.6) is 0 Å². The minimum absolute atomic E-state index is 0.0689. The number of hydrogen-bond donors (Lipinski definition) is 0. The zero-order valence-corrected chi connectivity index (χ0v) is 18.1. The molecule has 10 heteroatoms. The zero-order chi connectivity index (χ0) is 22.6. The molecule has 4 aromatic rings. The molecule has 0 amide bonds. The van der Waals surface area contributed by atoms with E-state index < -0.39 is 11.2 Å². The fourth-order valence-corrected chi connectivity index (χ4v) is 4.07. The smallest absolute Gasteiger partial charge is 0.318 e. The lowest BCUT2D eigenvalue weighted by Gasteiger charge is -2.10. The second kappa shape index (κ2) is 7.35. The lowest BCUT2D eigenvalue weighted by Crippen LogP contribution is -2.37. The summed E-state index contributed by atoms with van der Waals surface area (Å²) in [6.07, 6.45) is 0. The van der Waals surface area contributed by atoms with Crippen LogP contribution in [0, 0.1) is 19.7 Å². The number of fused-ring (bicyclic) bond motifs is 1. The Bertz CT molecular complexity index is 1490. The number of aryl methyl sites for hydroxylation is 2. The molecule has 3 heterocycles. The van der Waals surface area contributed by atoms with Gasteiger partial charge in [0.1, 0.15) is 5.82 Å². The van der Waals surface area contributed by atoms with Crippen molar-refractivity contribution in [2.24, 2.45) is 14.1 Å². The Balaban J connectivity index is 1.81. The fraction of sp³-hybridized carbons (Fsp3) is 0.238. The monoisotopic (exact) mass is 443 g/mol. The number of benzene rings is 1. The minimum Gasteiger partial charge on any atom is -0.318 e. The quantitative estimate of drug-likeness (QED) is 0.358. The average molecular weight is 444 g/mol. The summed E-state index contributed by atoms with van der Waals surface area (Å²) in [5, 5.41) is -0.0689. The number of halogens is 2. The number of Topliss-reactive ketones (excluding diaryl/α,β-unsaturated/α-hetero) is 1. The van der Waals surface area contributed by atoms with Crippen LogP contribution in [0.15, 0.2) is 39.9 Å². The van der Waals surface area contributed by atoms with E-state index in [1.165, 1.54) is 35.4 Å². The Kier molecular flexibility index (Phi) is 4.93. The van der Waals surface area contributed by atoms with Gasteiger partial charge in [0.25, 0.3) is 5.56 Å². The van der Waals surface area contributed by atoms with Gasteiger partial charge in [-0.2, -0.15) is 4.98 Å². The third-order valence-corrected chi connectivity index (χ3v) is 5.69. The van der Waals surface area contributed by atoms with Crippen LogP contribution in [-0.4, -0.2) is 29.0 Å². The van der Waals surface area contributed by atoms with E-state index in [-0.39, 0.29) is 34.6 Å². The van der Waals surface area contributed by atoms with Gasteiger partial charge in [0.05, 0.1) is 6.54 Å². The van der Waals surface area contributed by atoms with E-state index in [2.05, 4.69) is 4.98 Å². The maximum Gasteiger partial charge on any atom is 0.332 e. The predicted molar refractivity (Wildman–Crippen MR) is 115 cm³/mol. The van der Waals surface area contributed by atoms with Crippen LogP contribution in [0.3, 0.4) is 0 Å². The average Bonchev–Trinajstić information content (AvgIpc) is 3.21. The maximum absolute atomic E-state index is 13.7. The van der Waals surface area contributed by atoms with Crippen LogP contribution >= 0.6 is 11.6 Å². The summed E-state index contributed by atoms with van der Waals surface area (Å²) in [5.41, 5.74) is 1.46. The Hall–Kier alpha value is -3.46. The Morgan fingerprint density at radius 2 is 1.84 bits per heavy atom. The fourth-order valence-electron chi connectivity index (χ4n) is 3.85. The third kappa shape index (κ3) is 3.21. The van der Waals surface area contributed by atoms with Gasteiger partial charge in [0, 0.05) is 36.7 Å². The van der Waals surface area contributed by atoms with Crippen molar-refractivity contribution in [3.05, 3.63) is 79.2 Å². The summed E-state index contributed by atoms with van der Waals surface area (Å²) in [6, 6.07) is 7.80. The highest BCUT2D eigenvalue weighted by Crippen LogP contribution is 2.23. The van der Waals surface area contributed by atoms with Crippen molar-refractivity contribution in [1.82, 2.24) is 23.3 Å². The van der Waals surface area contributed by atoms with Crippen LogP contribution in [0.4, 0.5) is 4.39 Å². The first-order valence-corrected chi connectivity index (χ1v) is 9.79. The second-order valence-electron chi connectivity index (χ2n) is 7.37. The number of nitrogens with zero attached hydrogens (tertiary/aromatic N) is 5. The number of imidazole rings is 1. The summed E-state index contributed by atoms with van der Waals surface area (Å²) >= 11 is 6.23. The van der Waals surface area contributed by atoms with Crippen molar-refractivity contribution in [2.45, 2.75) is 20.4 Å². The SMILES string of the molecule is Cc1cc(C(=O)Cn2c(Cl)nc3c2c(=O)n(C)c(=O)n3C)c(C)n1-c1cccc(F)c1. The predicted octanol–water partition coefficient (Wildman–Crippen LogP) is 2.52. The van der Waals surface area contributed by atoms with E-state index in [1.54, 1.807) is 29.7 Å². The normalized spacial score (nSPS) is 11.4. The molecule has 0 saturated carbocycles. The lowest BCUT2D eigenvalue weighted by atomic mass is 10.1. The molecule has 0 saturated heterocycles. The first-order valence-electron chi connectivity index (χ1n) is 9.41. The van der Waals surface area contributed by atoms with Crippen molar-refractivity contribution in [3.8, 4) is 5.69 Å². The van der Waals surface area contributed by atoms with Crippen molar-refractivity contribution in [3.63, 3.8) is 0 Å². The van der Waals surface area contributed by atoms with Gasteiger partial charge in [-0.1, -0.05) is 6.07 Å². The van der Waals surface area contributed by atoms with Crippen molar-refractivity contribution >= 4 is 28.5 Å². The molecule has 0 aliphatic rings. The first kappa shape index (κ1) is 20.8. The number of aromatic nitrogens is 5. The highest BCUT2D eigenvalue weighted by Gasteiger charge is 2.23. The third-order valence-electron chi connectivity index (χ3n) is 5.40. The molecule has 1 aromatic carbocycles. The molecule has 0 fully saturated rings. The molecule has 160 valence electrons. The summed E-state index contributed by atoms with van der Waals surface area (Å²) < 4.78 is 18.9. The van der Waals surface area contributed by atoms with Crippen LogP contribution in [0.25, 0.3) is 16.9 Å². The molecule has 3 aromatic heterocycles. The molecular weight excluding hydrogens is 425 g/mol. The maximum atomic E-state index is 13.7. The molecule has 0 unspecified atom stereocenters. The Labute approximate surface area is 180 Å². The summed E-state index contributed by atoms with van der Waals surface area (Å²) in [4.78, 5) is 42.1. The van der Waals surface area contributed by atoms with E-state index in [4.69, 9.17) is 11.6 Å². The number of carbonyl (C=O) groups is 1. The van der Waals surface area contributed by atoms with Gasteiger partial charge in [-0.05, 0) is 49.7 Å². The van der Waals surface area contributed by atoms with Crippen LogP contribution in [0.2, 0.25) is 5.28 Å². The molecule has 8 nitrogen and oxygen atoms in total. The molecular formula is C21H19ClFN5O3. The molecule has 0 aliphatic heterocycles. The molecule has 4 rings (SSSR count). The standard InChI is InChI=1S/C21H19ClFN5O3/c1-11-8-15(12(2)28(11)14-7-5-6-13(23)9-14)16(29)10-27-17-18(24-20(27)22)25(3)21(31)26(4)19(17)30/h5-9H,10H2,1-4H3. The van der Waals surface area contributed by atoms with Gasteiger partial charge >= 0.3 is 5.69 Å². The van der Waals surface area contributed by atoms with Crippen molar-refractivity contribution < 1.29 is 9.18 Å². The topological polar surface area (TPSA) is 83.8 Å². The number of ketones is 1. The van der Waals surface area contributed by atoms with Gasteiger partial charge in [-0.15, -0.1) is 0 Å². The van der Waals surface area contributed by atoms with Crippen LogP contribution in [-0.2, 0) is 20.6 Å². The van der Waals surface area contributed by atoms with Gasteiger partial charge in [-0.3, -0.25) is 18.7 Å². The summed E-state index contributed by atoms with van der Waals surface area (Å²) in [6.45, 7) is 3.34. The summed E-state index contributed by atoms with van der Waals surface area (Å²) in [7, 11) is 2.83. The first-order chi connectivity index (χ1) is 14.6. The lowest BCUT2D eigenvalue weighted by molar-refractivity contribution is 0.0972. The van der Waals surface area contributed by atoms with Gasteiger partial charge in [0.15, 0.2) is 16.9 Å². The van der Waals surface area contributed by atoms with Gasteiger partial charge in [0.2, 0.25) is 5.28 Å². The zero-order valence-electron chi connectivity index (χ0n) is 17.3. The molecule has 0 atom stereocenters. The van der Waals surface area contributed by atoms with Gasteiger partial charge in [-0.25, -0.2) is 9.18 Å². The van der Waals surface area contributed by atoms with Crippen molar-refractivity contribution in [1.29, 1.82) is 0 Å². The minimum atomic E-state index is -0.587. The van der Waals surface area contributed by atoms with E-state index in [9.17, 15) is 18.8 Å². The molecule has 0 radical (unpaired) electrons. The molecule has 0 bridgehead atoms. The van der Waals surface area contributed by atoms with Crippen molar-refractivity contribution in [2.75, 3.05) is 0 Å². The molecule has 0 aliphatic carbocycles. The number of carbonyl (C=O) groups excluding carboxylic acids is 1. The van der Waals surface area contributed by atoms with E-state index in [0.29, 0.717) is 16.9 Å². The second-order valence-corrected chi connectivity index (χ2v) is 7.71. The van der Waals surface area contributed by atoms with E-state index in [1.807, 2.05) is 6.92 Å². The molecule has 31 heavy (non-hydrogen) atoms. The molecule has 0 N–H and O–H groups in total. The highest BCUT2D eigenvalue weighted by molar-refractivity contribution is 6.29. The van der Waals surface area contributed by atoms with Crippen LogP contribution in [0.1, 0.15) is 21.7 Å². The number of hydrogen-bond acceptors (Lipinski definition) is 4. The largest absolute Gasteiger partial charge is 0.332 e. The van der Waals surface area contributed by atoms with Crippen LogP contribution < -0.4 is 11.2 Å². The Morgan fingerprint density at radius 3 is 2.52 bits per heavy atom. The van der Waals surface area contributed by atoms with Gasteiger partial charge < -0.3 is 9.13 Å². The Morgan fingerprint density at radius 1 is 1.13 bits per heavy atom. The number of rotatable bonds is 4. The van der Waals surface area contributed by atoms with E-state index >= 15 is 0 Å². The highest BCUT2D eigenvalue weighted by atomic mass is 35.5.